The SMILES string of the molecule is CC.CC(=O)/C=C(/C)O.CC(=[OH+])C=C(C)O.FC1(F)CCCCC1c1ccccn1.FC1(F)CCC[C-]=C1c1ccccn1.[Ir]. The minimum Gasteiger partial charge on any atom is -0.512 e. The minimum absolute atomic E-state index is 0. The molecule has 2 aromatic heterocycles. The Bertz CT molecular complexity index is 1190. The minimum atomic E-state index is -2.76. The number of allylic oxidation sites excluding steroid dienone is 6. The van der Waals surface area contributed by atoms with Crippen molar-refractivity contribution >= 4 is 17.1 Å². The van der Waals surface area contributed by atoms with Crippen molar-refractivity contribution in [1.82, 2.24) is 9.97 Å². The molecule has 1 radical (unpaired) electrons. The van der Waals surface area contributed by atoms with Gasteiger partial charge in [-0.3, -0.25) is 20.6 Å². The third-order valence-corrected chi connectivity index (χ3v) is 5.89. The van der Waals surface area contributed by atoms with E-state index in [2.05, 4.69) is 16.0 Å². The number of aliphatic hydroxyl groups excluding tert-OH is 2. The Balaban J connectivity index is 0. The zero-order chi connectivity index (χ0) is 33.8. The summed E-state index contributed by atoms with van der Waals surface area (Å²) in [7, 11) is 0. The Labute approximate surface area is 278 Å². The molecule has 3 N–H and O–H groups in total. The van der Waals surface area contributed by atoms with Crippen LogP contribution in [-0.2, 0) is 24.9 Å². The number of aromatic nitrogens is 2. The molecule has 0 saturated heterocycles. The first-order valence-electron chi connectivity index (χ1n) is 14.6. The number of halogens is 4. The van der Waals surface area contributed by atoms with Crippen molar-refractivity contribution in [3.8, 4) is 0 Å². The Morgan fingerprint density at radius 3 is 1.84 bits per heavy atom. The van der Waals surface area contributed by atoms with E-state index in [1.165, 1.54) is 46.0 Å². The number of pyridine rings is 2. The number of ketones is 2. The van der Waals surface area contributed by atoms with E-state index in [-0.39, 0.29) is 61.6 Å². The first kappa shape index (κ1) is 44.0. The van der Waals surface area contributed by atoms with Crippen LogP contribution in [0.15, 0.2) is 72.5 Å². The predicted molar refractivity (Wildman–Crippen MR) is 167 cm³/mol. The standard InChI is InChI=1S/C11H13F2N.C11H10F2N.2C5H8O2.C2H6.Ir/c2*12-11(13)7-3-1-5-9(11)10-6-2-4-8-14-10;2*1-4(6)3-5(2)7;1-2;/h2,4,6,8-9H,1,3,5,7H2;2,4,6,8H,1,3,7H2;2*3,6H,1-2H3;1-2H3;/q;-1;;;;/p+1/b;;4-3-;;;. The molecule has 0 bridgehead atoms. The van der Waals surface area contributed by atoms with E-state index in [4.69, 9.17) is 15.0 Å². The number of hydrogen-bond acceptors (Lipinski definition) is 5. The van der Waals surface area contributed by atoms with Gasteiger partial charge in [0.2, 0.25) is 5.92 Å². The molecule has 0 spiro atoms. The molecule has 2 aliphatic rings. The second kappa shape index (κ2) is 23.2. The van der Waals surface area contributed by atoms with E-state index >= 15 is 0 Å². The molecule has 253 valence electrons. The molecule has 1 saturated carbocycles. The molecule has 1 fully saturated rings. The summed E-state index contributed by atoms with van der Waals surface area (Å²) in [6.45, 7) is 9.85. The number of rotatable bonds is 4. The third-order valence-electron chi connectivity index (χ3n) is 5.89. The van der Waals surface area contributed by atoms with Gasteiger partial charge in [0.25, 0.3) is 5.92 Å². The monoisotopic (exact) mass is 815 g/mol. The van der Waals surface area contributed by atoms with Gasteiger partial charge < -0.3 is 15.2 Å². The molecular formula is C34H46F4IrN2O4. The summed E-state index contributed by atoms with van der Waals surface area (Å²) >= 11 is 0. The van der Waals surface area contributed by atoms with E-state index in [1.807, 2.05) is 13.8 Å². The van der Waals surface area contributed by atoms with Crippen LogP contribution >= 0.6 is 0 Å². The number of hydrogen-bond donors (Lipinski definition) is 2. The van der Waals surface area contributed by atoms with Crippen molar-refractivity contribution < 1.29 is 57.5 Å². The van der Waals surface area contributed by atoms with Crippen molar-refractivity contribution in [3.63, 3.8) is 0 Å². The van der Waals surface area contributed by atoms with Crippen molar-refractivity contribution in [2.45, 2.75) is 104 Å². The summed E-state index contributed by atoms with van der Waals surface area (Å²) in [4.78, 5) is 26.4. The second-order valence-electron chi connectivity index (χ2n) is 9.96. The van der Waals surface area contributed by atoms with Gasteiger partial charge in [-0.1, -0.05) is 44.5 Å². The molecule has 2 aliphatic carbocycles. The number of carbonyl (C=O) groups is 1. The molecule has 45 heavy (non-hydrogen) atoms. The molecule has 2 heterocycles. The molecule has 1 atom stereocenters. The van der Waals surface area contributed by atoms with Gasteiger partial charge in [-0.05, 0) is 51.8 Å². The van der Waals surface area contributed by atoms with Gasteiger partial charge in [0.1, 0.15) is 0 Å². The molecule has 0 aliphatic heterocycles. The van der Waals surface area contributed by atoms with E-state index in [9.17, 15) is 22.4 Å². The first-order valence-corrected chi connectivity index (χ1v) is 14.6. The number of carbonyl (C=O) groups excluding carboxylic acids is 2. The molecule has 0 amide bonds. The van der Waals surface area contributed by atoms with Crippen molar-refractivity contribution in [2.24, 2.45) is 0 Å². The summed E-state index contributed by atoms with van der Waals surface area (Å²) in [6.07, 6.45) is 11.4. The Morgan fingerprint density at radius 1 is 0.889 bits per heavy atom. The molecular weight excluding hydrogens is 769 g/mol. The molecule has 11 heteroatoms. The van der Waals surface area contributed by atoms with Crippen LogP contribution in [0.1, 0.15) is 104 Å². The van der Waals surface area contributed by atoms with E-state index in [0.29, 0.717) is 37.1 Å². The Morgan fingerprint density at radius 2 is 1.47 bits per heavy atom. The predicted octanol–water partition coefficient (Wildman–Crippen LogP) is 9.54. The van der Waals surface area contributed by atoms with E-state index in [0.717, 1.165) is 6.42 Å². The fourth-order valence-electron chi connectivity index (χ4n) is 4.20. The summed E-state index contributed by atoms with van der Waals surface area (Å²) < 4.78 is 53.9. The first-order chi connectivity index (χ1) is 20.7. The van der Waals surface area contributed by atoms with Gasteiger partial charge in [0.05, 0.1) is 30.4 Å². The van der Waals surface area contributed by atoms with Gasteiger partial charge in [-0.25, -0.2) is 17.6 Å². The van der Waals surface area contributed by atoms with E-state index < -0.39 is 17.8 Å². The zero-order valence-corrected chi connectivity index (χ0v) is 29.2. The molecule has 1 unspecified atom stereocenters. The van der Waals surface area contributed by atoms with Gasteiger partial charge in [0, 0.05) is 57.1 Å². The number of aliphatic hydroxyl groups is 2. The van der Waals surface area contributed by atoms with Gasteiger partial charge in [-0.2, -0.15) is 0 Å². The van der Waals surface area contributed by atoms with Crippen molar-refractivity contribution in [3.05, 3.63) is 89.9 Å². The fraction of sp³-hybridized carbons (Fsp3) is 0.471. The summed E-state index contributed by atoms with van der Waals surface area (Å²) in [5.41, 5.74) is 0.846. The van der Waals surface area contributed by atoms with Crippen LogP contribution < -0.4 is 0 Å². The topological polar surface area (TPSA) is 105 Å². The Kier molecular flexibility index (Phi) is 22.7. The van der Waals surface area contributed by atoms with Gasteiger partial charge in [0.15, 0.2) is 5.78 Å². The molecule has 6 nitrogen and oxygen atoms in total. The van der Waals surface area contributed by atoms with Crippen molar-refractivity contribution in [2.75, 3.05) is 0 Å². The maximum Gasteiger partial charge on any atom is 0.316 e. The van der Waals surface area contributed by atoms with Crippen LogP contribution in [0.2, 0.25) is 0 Å². The van der Waals surface area contributed by atoms with Gasteiger partial charge >= 0.3 is 5.78 Å². The fourth-order valence-corrected chi connectivity index (χ4v) is 4.20. The molecule has 0 aromatic carbocycles. The van der Waals surface area contributed by atoms with Crippen LogP contribution in [0.4, 0.5) is 17.6 Å². The van der Waals surface area contributed by atoms with Crippen LogP contribution in [0.25, 0.3) is 5.57 Å². The normalized spacial score (nSPS) is 18.1. The van der Waals surface area contributed by atoms with Crippen LogP contribution in [-0.4, -0.2) is 48.4 Å². The summed E-state index contributed by atoms with van der Waals surface area (Å²) in [5.74, 6) is -5.80. The Hall–Kier alpha value is -3.17. The smallest absolute Gasteiger partial charge is 0.316 e. The van der Waals surface area contributed by atoms with Crippen LogP contribution in [0, 0.1) is 6.08 Å². The summed E-state index contributed by atoms with van der Waals surface area (Å²) in [6, 6.07) is 10.2. The van der Waals surface area contributed by atoms with Crippen LogP contribution in [0.5, 0.6) is 0 Å². The van der Waals surface area contributed by atoms with Crippen molar-refractivity contribution in [1.29, 1.82) is 0 Å². The number of nitrogens with zero attached hydrogens (tertiary/aromatic N) is 2. The number of alkyl halides is 4. The average molecular weight is 815 g/mol. The summed E-state index contributed by atoms with van der Waals surface area (Å²) in [5, 5.41) is 16.8. The quantitative estimate of drug-likeness (QED) is 0.105. The third kappa shape index (κ3) is 19.1. The molecule has 2 aromatic rings. The average Bonchev–Trinajstić information content (AvgIpc) is 2.94. The maximum absolute atomic E-state index is 13.5. The second-order valence-corrected chi connectivity index (χ2v) is 9.96. The zero-order valence-electron chi connectivity index (χ0n) is 26.8. The van der Waals surface area contributed by atoms with Gasteiger partial charge in [-0.15, -0.1) is 18.1 Å². The van der Waals surface area contributed by atoms with E-state index in [1.54, 1.807) is 42.6 Å². The van der Waals surface area contributed by atoms with Crippen LogP contribution in [0.3, 0.4) is 0 Å². The maximum atomic E-state index is 13.5. The molecule has 4 rings (SSSR count). The largest absolute Gasteiger partial charge is 0.512 e.